The third-order valence-corrected chi connectivity index (χ3v) is 9.07. The first-order valence-corrected chi connectivity index (χ1v) is 14.0. The summed E-state index contributed by atoms with van der Waals surface area (Å²) in [6.45, 7) is 13.4. The topological polar surface area (TPSA) is 111 Å². The molecule has 0 unspecified atom stereocenters. The fourth-order valence-electron chi connectivity index (χ4n) is 7.22. The maximum absolute atomic E-state index is 10.2. The summed E-state index contributed by atoms with van der Waals surface area (Å²) in [6, 6.07) is 18.9. The highest BCUT2D eigenvalue weighted by Gasteiger charge is 2.56. The fraction of sp³-hybridized carbons (Fsp3) is 0.314. The van der Waals surface area contributed by atoms with E-state index >= 15 is 0 Å². The van der Waals surface area contributed by atoms with Crippen LogP contribution in [-0.4, -0.2) is 10.2 Å². The number of hydrogen-bond donors (Lipinski definition) is 4. The molecule has 212 valence electrons. The Labute approximate surface area is 241 Å². The second kappa shape index (κ2) is 8.84. The van der Waals surface area contributed by atoms with Gasteiger partial charge in [-0.3, -0.25) is 0 Å². The van der Waals surface area contributed by atoms with Gasteiger partial charge in [-0.05, 0) is 107 Å². The molecule has 0 saturated heterocycles. The lowest BCUT2D eigenvalue weighted by Crippen LogP contribution is -2.27. The number of anilines is 2. The number of ether oxygens (including phenoxy) is 2. The maximum Gasteiger partial charge on any atom is 0.142 e. The Morgan fingerprint density at radius 3 is 1.34 bits per heavy atom. The van der Waals surface area contributed by atoms with Crippen molar-refractivity contribution in [3.8, 4) is 34.5 Å². The zero-order valence-electron chi connectivity index (χ0n) is 24.6. The van der Waals surface area contributed by atoms with E-state index < -0.39 is 0 Å². The highest BCUT2D eigenvalue weighted by Crippen LogP contribution is 2.64. The number of aromatic hydroxyl groups is 2. The Hall–Kier alpha value is -4.32. The van der Waals surface area contributed by atoms with E-state index in [1.54, 1.807) is 36.4 Å². The van der Waals surface area contributed by atoms with Crippen molar-refractivity contribution in [3.05, 3.63) is 94.0 Å². The third kappa shape index (κ3) is 4.24. The molecule has 1 spiro atoms. The molecule has 0 heterocycles. The average molecular weight is 551 g/mol. The van der Waals surface area contributed by atoms with Crippen LogP contribution < -0.4 is 20.9 Å². The van der Waals surface area contributed by atoms with Crippen molar-refractivity contribution in [2.75, 3.05) is 11.5 Å². The number of aryl methyl sites for hydroxylation is 2. The van der Waals surface area contributed by atoms with Crippen LogP contribution in [0.3, 0.4) is 0 Å². The summed E-state index contributed by atoms with van der Waals surface area (Å²) in [6.07, 6.45) is 1.92. The monoisotopic (exact) mass is 550 g/mol. The highest BCUT2D eigenvalue weighted by molar-refractivity contribution is 5.65. The second-order valence-corrected chi connectivity index (χ2v) is 13.2. The van der Waals surface area contributed by atoms with E-state index in [1.165, 1.54) is 22.3 Å². The Kier molecular flexibility index (Phi) is 5.79. The Morgan fingerprint density at radius 2 is 0.976 bits per heavy atom. The molecule has 4 aromatic rings. The van der Waals surface area contributed by atoms with Gasteiger partial charge >= 0.3 is 0 Å². The van der Waals surface area contributed by atoms with Crippen LogP contribution in [0.5, 0.6) is 34.5 Å². The van der Waals surface area contributed by atoms with Crippen LogP contribution in [0.1, 0.15) is 73.9 Å². The maximum atomic E-state index is 10.2. The molecule has 0 radical (unpaired) electrons. The molecule has 0 atom stereocenters. The molecule has 0 aliphatic heterocycles. The molecule has 6 rings (SSSR count). The summed E-state index contributed by atoms with van der Waals surface area (Å²) in [4.78, 5) is 0. The van der Waals surface area contributed by atoms with E-state index in [-0.39, 0.29) is 27.7 Å². The molecule has 0 aromatic heterocycles. The van der Waals surface area contributed by atoms with Gasteiger partial charge in [0.2, 0.25) is 0 Å². The Balaban J connectivity index is 1.50. The van der Waals surface area contributed by atoms with Crippen molar-refractivity contribution >= 4 is 11.4 Å². The summed E-state index contributed by atoms with van der Waals surface area (Å²) in [5.74, 6) is 2.60. The molecular formula is C35H38N2O4. The molecule has 0 amide bonds. The summed E-state index contributed by atoms with van der Waals surface area (Å²) in [7, 11) is 0. The number of nitrogens with two attached hydrogens (primary N) is 2. The first-order chi connectivity index (χ1) is 19.2. The first-order valence-electron chi connectivity index (χ1n) is 14.0. The number of nitrogen functional groups attached to an aromatic ring is 2. The predicted octanol–water partition coefficient (Wildman–Crippen LogP) is 8.11. The van der Waals surface area contributed by atoms with Crippen molar-refractivity contribution < 1.29 is 19.7 Å². The zero-order chi connectivity index (χ0) is 29.5. The molecule has 0 fully saturated rings. The smallest absolute Gasteiger partial charge is 0.142 e. The number of benzene rings is 4. The fourth-order valence-corrected chi connectivity index (χ4v) is 7.22. The summed E-state index contributed by atoms with van der Waals surface area (Å²) in [5, 5.41) is 20.3. The minimum Gasteiger partial charge on any atom is -0.506 e. The third-order valence-electron chi connectivity index (χ3n) is 9.07. The second-order valence-electron chi connectivity index (χ2n) is 13.2. The first kappa shape index (κ1) is 26.9. The molecule has 6 heteroatoms. The van der Waals surface area contributed by atoms with Crippen LogP contribution in [0.4, 0.5) is 11.4 Å². The van der Waals surface area contributed by atoms with E-state index in [1.807, 2.05) is 0 Å². The Bertz CT molecular complexity index is 1590. The largest absolute Gasteiger partial charge is 0.506 e. The molecule has 41 heavy (non-hydrogen) atoms. The van der Waals surface area contributed by atoms with E-state index in [4.69, 9.17) is 20.9 Å². The van der Waals surface area contributed by atoms with Crippen molar-refractivity contribution in [2.24, 2.45) is 0 Å². The lowest BCUT2D eigenvalue weighted by Gasteiger charge is -2.31. The number of rotatable bonds is 4. The highest BCUT2D eigenvalue weighted by atomic mass is 16.5. The van der Waals surface area contributed by atoms with Gasteiger partial charge < -0.3 is 31.2 Å². The van der Waals surface area contributed by atoms with Crippen LogP contribution in [0.25, 0.3) is 0 Å². The van der Waals surface area contributed by atoms with E-state index in [0.29, 0.717) is 22.9 Å². The van der Waals surface area contributed by atoms with Crippen LogP contribution in [0.2, 0.25) is 0 Å². The average Bonchev–Trinajstić information content (AvgIpc) is 3.23. The molecule has 2 aliphatic rings. The molecule has 0 bridgehead atoms. The van der Waals surface area contributed by atoms with E-state index in [9.17, 15) is 10.2 Å². The quantitative estimate of drug-likeness (QED) is 0.151. The predicted molar refractivity (Wildman–Crippen MR) is 164 cm³/mol. The minimum atomic E-state index is -0.234. The van der Waals surface area contributed by atoms with E-state index in [2.05, 4.69) is 65.8 Å². The van der Waals surface area contributed by atoms with Gasteiger partial charge in [0.15, 0.2) is 0 Å². The van der Waals surface area contributed by atoms with Gasteiger partial charge in [-0.15, -0.1) is 0 Å². The van der Waals surface area contributed by atoms with Gasteiger partial charge in [0.05, 0.1) is 11.4 Å². The molecular weight excluding hydrogens is 512 g/mol. The van der Waals surface area contributed by atoms with Crippen LogP contribution >= 0.6 is 0 Å². The van der Waals surface area contributed by atoms with Crippen molar-refractivity contribution in [1.82, 2.24) is 0 Å². The van der Waals surface area contributed by atoms with Crippen molar-refractivity contribution in [3.63, 3.8) is 0 Å². The lowest BCUT2D eigenvalue weighted by atomic mass is 9.72. The van der Waals surface area contributed by atoms with Gasteiger partial charge in [0.25, 0.3) is 0 Å². The van der Waals surface area contributed by atoms with Crippen molar-refractivity contribution in [2.45, 2.75) is 70.6 Å². The van der Waals surface area contributed by atoms with Gasteiger partial charge in [-0.25, -0.2) is 0 Å². The molecule has 6 N–H and O–H groups in total. The molecule has 2 aliphatic carbocycles. The molecule has 4 aromatic carbocycles. The standard InChI is InChI=1S/C35H38N2O4/c1-19-11-23-25(15-31(19)40-21-7-9-27(36)29(38)13-21)35(17-33(23,3)4)18-34(5,6)24-12-20(2)32(16-26(24)35)41-22-8-10-28(37)30(39)14-22/h7-16,38-39H,17-18,36-37H2,1-6H3. The molecule has 0 saturated carbocycles. The SMILES string of the molecule is Cc1cc2c(cc1Oc1ccc(N)c(O)c1)C1(CC2(C)C)CC(C)(C)c2cc(C)c(Oc3ccc(N)c(O)c3)cc21. The van der Waals surface area contributed by atoms with Gasteiger partial charge in [0.1, 0.15) is 34.5 Å². The van der Waals surface area contributed by atoms with Crippen molar-refractivity contribution in [1.29, 1.82) is 0 Å². The summed E-state index contributed by atoms with van der Waals surface area (Å²) in [5.41, 5.74) is 19.2. The summed E-state index contributed by atoms with van der Waals surface area (Å²) < 4.78 is 12.7. The van der Waals surface area contributed by atoms with E-state index in [0.717, 1.165) is 35.5 Å². The van der Waals surface area contributed by atoms with Gasteiger partial charge in [-0.1, -0.05) is 39.8 Å². The number of hydrogen-bond acceptors (Lipinski definition) is 6. The summed E-state index contributed by atoms with van der Waals surface area (Å²) >= 11 is 0. The molecule has 6 nitrogen and oxygen atoms in total. The zero-order valence-corrected chi connectivity index (χ0v) is 24.6. The minimum absolute atomic E-state index is 0.00251. The normalized spacial score (nSPS) is 17.3. The number of phenolic OH excluding ortho intramolecular Hbond substituents is 2. The number of fused-ring (bicyclic) bond motifs is 4. The van der Waals surface area contributed by atoms with Crippen LogP contribution in [0, 0.1) is 13.8 Å². The lowest BCUT2D eigenvalue weighted by molar-refractivity contribution is 0.349. The number of phenols is 2. The van der Waals surface area contributed by atoms with Gasteiger partial charge in [0, 0.05) is 17.5 Å². The van der Waals surface area contributed by atoms with Crippen LogP contribution in [-0.2, 0) is 16.2 Å². The Morgan fingerprint density at radius 1 is 0.585 bits per heavy atom. The van der Waals surface area contributed by atoms with Crippen LogP contribution in [0.15, 0.2) is 60.7 Å². The van der Waals surface area contributed by atoms with Gasteiger partial charge in [-0.2, -0.15) is 0 Å².